The highest BCUT2D eigenvalue weighted by Gasteiger charge is 2.15. The van der Waals surface area contributed by atoms with E-state index in [4.69, 9.17) is 40.5 Å². The van der Waals surface area contributed by atoms with Gasteiger partial charge >= 0.3 is 0 Å². The number of hydrogen-bond donors (Lipinski definition) is 1. The first kappa shape index (κ1) is 13.9. The number of nitrogens with two attached hydrogens (primary N) is 1. The minimum atomic E-state index is 0.330. The highest BCUT2D eigenvalue weighted by Crippen LogP contribution is 2.37. The van der Waals surface area contributed by atoms with E-state index in [0.29, 0.717) is 37.6 Å². The third-order valence-electron chi connectivity index (χ3n) is 2.85. The predicted octanol–water partition coefficient (Wildman–Crippen LogP) is 5.21. The van der Waals surface area contributed by atoms with Crippen molar-refractivity contribution >= 4 is 62.9 Å². The van der Waals surface area contributed by atoms with Gasteiger partial charge in [-0.2, -0.15) is 0 Å². The van der Waals surface area contributed by atoms with Gasteiger partial charge in [0.15, 0.2) is 5.82 Å². The highest BCUT2D eigenvalue weighted by molar-refractivity contribution is 7.14. The van der Waals surface area contributed by atoms with Crippen LogP contribution in [0.1, 0.15) is 5.56 Å². The van der Waals surface area contributed by atoms with Crippen molar-refractivity contribution in [1.82, 2.24) is 9.97 Å². The number of aromatic nitrogens is 2. The van der Waals surface area contributed by atoms with Gasteiger partial charge in [0.1, 0.15) is 5.82 Å². The van der Waals surface area contributed by atoms with E-state index in [9.17, 15) is 0 Å². The van der Waals surface area contributed by atoms with Crippen LogP contribution in [0.4, 0.5) is 5.82 Å². The molecule has 0 aliphatic heterocycles. The smallest absolute Gasteiger partial charge is 0.173 e. The van der Waals surface area contributed by atoms with Crippen LogP contribution in [0.15, 0.2) is 17.5 Å². The number of thiophene rings is 1. The third-order valence-corrected chi connectivity index (χ3v) is 5.05. The average Bonchev–Trinajstić information content (AvgIpc) is 2.71. The van der Waals surface area contributed by atoms with Gasteiger partial charge in [-0.25, -0.2) is 9.97 Å². The zero-order valence-corrected chi connectivity index (χ0v) is 13.3. The van der Waals surface area contributed by atoms with Crippen molar-refractivity contribution in [3.05, 3.63) is 38.1 Å². The van der Waals surface area contributed by atoms with E-state index in [-0.39, 0.29) is 0 Å². The molecule has 0 atom stereocenters. The number of fused-ring (bicyclic) bond motifs is 1. The van der Waals surface area contributed by atoms with Gasteiger partial charge in [0.2, 0.25) is 0 Å². The van der Waals surface area contributed by atoms with E-state index in [1.807, 2.05) is 12.3 Å². The quantitative estimate of drug-likeness (QED) is 0.659. The van der Waals surface area contributed by atoms with Gasteiger partial charge in [-0.05, 0) is 30.0 Å². The first-order chi connectivity index (χ1) is 9.47. The van der Waals surface area contributed by atoms with Gasteiger partial charge in [0.05, 0.1) is 20.4 Å². The maximum absolute atomic E-state index is 6.25. The predicted molar refractivity (Wildman–Crippen MR) is 87.0 cm³/mol. The summed E-state index contributed by atoms with van der Waals surface area (Å²) < 4.78 is 0. The molecule has 102 valence electrons. The van der Waals surface area contributed by atoms with Crippen LogP contribution in [0.5, 0.6) is 0 Å². The SMILES string of the molecule is Cc1csc(-c2nc(N)c3cc(Cl)cc(Cl)c3n2)c1Cl. The first-order valence-corrected chi connectivity index (χ1v) is 7.65. The summed E-state index contributed by atoms with van der Waals surface area (Å²) in [5, 5.41) is 4.16. The fourth-order valence-electron chi connectivity index (χ4n) is 1.86. The first-order valence-electron chi connectivity index (χ1n) is 5.63. The van der Waals surface area contributed by atoms with Crippen molar-refractivity contribution < 1.29 is 0 Å². The number of anilines is 1. The van der Waals surface area contributed by atoms with Gasteiger partial charge < -0.3 is 5.73 Å². The molecule has 2 heterocycles. The van der Waals surface area contributed by atoms with Gasteiger partial charge in [0.25, 0.3) is 0 Å². The summed E-state index contributed by atoms with van der Waals surface area (Å²) in [6.07, 6.45) is 0. The second-order valence-electron chi connectivity index (χ2n) is 4.28. The van der Waals surface area contributed by atoms with Crippen molar-refractivity contribution in [1.29, 1.82) is 0 Å². The Morgan fingerprint density at radius 3 is 2.55 bits per heavy atom. The molecule has 0 spiro atoms. The van der Waals surface area contributed by atoms with Crippen LogP contribution in [-0.4, -0.2) is 9.97 Å². The molecule has 0 bridgehead atoms. The molecule has 0 amide bonds. The number of halogens is 3. The summed E-state index contributed by atoms with van der Waals surface area (Å²) in [4.78, 5) is 9.55. The average molecular weight is 345 g/mol. The summed E-state index contributed by atoms with van der Waals surface area (Å²) in [7, 11) is 0. The lowest BCUT2D eigenvalue weighted by atomic mass is 10.2. The van der Waals surface area contributed by atoms with E-state index in [1.54, 1.807) is 12.1 Å². The number of aryl methyl sites for hydroxylation is 1. The molecule has 3 nitrogen and oxygen atoms in total. The second kappa shape index (κ2) is 5.04. The Hall–Kier alpha value is -1.07. The molecule has 0 aliphatic carbocycles. The van der Waals surface area contributed by atoms with Gasteiger partial charge in [-0.1, -0.05) is 34.8 Å². The number of benzene rings is 1. The van der Waals surface area contributed by atoms with Crippen LogP contribution < -0.4 is 5.73 Å². The lowest BCUT2D eigenvalue weighted by molar-refractivity contribution is 1.24. The topological polar surface area (TPSA) is 51.8 Å². The molecule has 0 radical (unpaired) electrons. The molecule has 0 aliphatic rings. The van der Waals surface area contributed by atoms with Crippen LogP contribution >= 0.6 is 46.1 Å². The van der Waals surface area contributed by atoms with E-state index >= 15 is 0 Å². The Morgan fingerprint density at radius 1 is 1.15 bits per heavy atom. The molecule has 0 saturated carbocycles. The molecule has 0 fully saturated rings. The van der Waals surface area contributed by atoms with E-state index < -0.39 is 0 Å². The van der Waals surface area contributed by atoms with Crippen molar-refractivity contribution in [2.75, 3.05) is 5.73 Å². The highest BCUT2D eigenvalue weighted by atomic mass is 35.5. The zero-order chi connectivity index (χ0) is 14.4. The largest absolute Gasteiger partial charge is 0.383 e. The Balaban J connectivity index is 2.32. The summed E-state index contributed by atoms with van der Waals surface area (Å²) in [6, 6.07) is 3.33. The van der Waals surface area contributed by atoms with Gasteiger partial charge in [-0.15, -0.1) is 11.3 Å². The minimum Gasteiger partial charge on any atom is -0.383 e. The van der Waals surface area contributed by atoms with E-state index in [2.05, 4.69) is 9.97 Å². The lowest BCUT2D eigenvalue weighted by Crippen LogP contribution is -1.98. The molecule has 20 heavy (non-hydrogen) atoms. The Labute approximate surface area is 134 Å². The maximum Gasteiger partial charge on any atom is 0.173 e. The van der Waals surface area contributed by atoms with Crippen LogP contribution in [0, 0.1) is 6.92 Å². The number of rotatable bonds is 1. The molecule has 3 aromatic rings. The van der Waals surface area contributed by atoms with Crippen molar-refractivity contribution in [2.24, 2.45) is 0 Å². The van der Waals surface area contributed by atoms with Crippen LogP contribution in [-0.2, 0) is 0 Å². The molecule has 0 unspecified atom stereocenters. The van der Waals surface area contributed by atoms with Crippen LogP contribution in [0.3, 0.4) is 0 Å². The monoisotopic (exact) mass is 343 g/mol. The van der Waals surface area contributed by atoms with Gasteiger partial charge in [-0.3, -0.25) is 0 Å². The fraction of sp³-hybridized carbons (Fsp3) is 0.0769. The summed E-state index contributed by atoms with van der Waals surface area (Å²) >= 11 is 19.9. The maximum atomic E-state index is 6.25. The molecule has 7 heteroatoms. The second-order valence-corrected chi connectivity index (χ2v) is 6.38. The number of nitrogens with zero attached hydrogens (tertiary/aromatic N) is 2. The molecule has 2 aromatic heterocycles. The van der Waals surface area contributed by atoms with Gasteiger partial charge in [0, 0.05) is 10.4 Å². The van der Waals surface area contributed by atoms with E-state index in [1.165, 1.54) is 11.3 Å². The molecule has 1 aromatic carbocycles. The van der Waals surface area contributed by atoms with Crippen LogP contribution in [0.2, 0.25) is 15.1 Å². The summed E-state index contributed by atoms with van der Waals surface area (Å²) in [5.41, 5.74) is 7.53. The molecular weight excluding hydrogens is 337 g/mol. The third kappa shape index (κ3) is 2.23. The lowest BCUT2D eigenvalue weighted by Gasteiger charge is -2.06. The van der Waals surface area contributed by atoms with Crippen molar-refractivity contribution in [2.45, 2.75) is 6.92 Å². The Morgan fingerprint density at radius 2 is 1.90 bits per heavy atom. The normalized spacial score (nSPS) is 11.2. The molecule has 2 N–H and O–H groups in total. The fourth-order valence-corrected chi connectivity index (χ4v) is 3.61. The van der Waals surface area contributed by atoms with Crippen LogP contribution in [0.25, 0.3) is 21.6 Å². The standard InChI is InChI=1S/C13H8Cl3N3S/c1-5-4-20-11(9(5)16)13-18-10-7(12(17)19-13)2-6(14)3-8(10)15/h2-4H,1H3,(H2,17,18,19). The summed E-state index contributed by atoms with van der Waals surface area (Å²) in [6.45, 7) is 1.93. The Kier molecular flexibility index (Phi) is 3.50. The van der Waals surface area contributed by atoms with Crippen molar-refractivity contribution in [3.63, 3.8) is 0 Å². The number of hydrogen-bond acceptors (Lipinski definition) is 4. The molecule has 3 rings (SSSR count). The van der Waals surface area contributed by atoms with Crippen molar-refractivity contribution in [3.8, 4) is 10.7 Å². The zero-order valence-electron chi connectivity index (χ0n) is 10.2. The van der Waals surface area contributed by atoms with E-state index in [0.717, 1.165) is 10.4 Å². The Bertz CT molecular complexity index is 829. The molecule has 0 saturated heterocycles. The summed E-state index contributed by atoms with van der Waals surface area (Å²) in [5.74, 6) is 0.804. The molecular formula is C13H8Cl3N3S. The number of nitrogen functional groups attached to an aromatic ring is 1. The minimum absolute atomic E-state index is 0.330.